The molecule has 0 fully saturated rings. The normalized spacial score (nSPS) is 16.5. The third-order valence-electron chi connectivity index (χ3n) is 5.56. The van der Waals surface area contributed by atoms with Crippen LogP contribution in [0.1, 0.15) is 27.0 Å². The highest BCUT2D eigenvalue weighted by atomic mass is 35.5. The van der Waals surface area contributed by atoms with E-state index in [1.165, 1.54) is 12.1 Å². The highest BCUT2D eigenvalue weighted by Gasteiger charge is 2.33. The van der Waals surface area contributed by atoms with Gasteiger partial charge in [-0.2, -0.15) is 0 Å². The highest BCUT2D eigenvalue weighted by Crippen LogP contribution is 2.42. The molecular formula is C25H18Cl2FNO3. The molecule has 2 heterocycles. The van der Waals surface area contributed by atoms with E-state index in [1.807, 2.05) is 6.07 Å². The van der Waals surface area contributed by atoms with Crippen LogP contribution in [0.4, 0.5) is 4.39 Å². The fraction of sp³-hybridized carbons (Fsp3) is 0.160. The van der Waals surface area contributed by atoms with Crippen molar-refractivity contribution in [1.29, 1.82) is 0 Å². The molecule has 0 aliphatic carbocycles. The number of Topliss-reactive ketones (excluding diaryl/α,β-unsaturated/α-hetero) is 1. The number of rotatable bonds is 4. The van der Waals surface area contributed by atoms with Crippen LogP contribution in [0.3, 0.4) is 0 Å². The molecule has 0 aromatic heterocycles. The second-order valence-electron chi connectivity index (χ2n) is 7.73. The Hall–Kier alpha value is -2.86. The van der Waals surface area contributed by atoms with E-state index >= 15 is 0 Å². The van der Waals surface area contributed by atoms with Crippen molar-refractivity contribution in [2.45, 2.75) is 13.0 Å². The van der Waals surface area contributed by atoms with Crippen molar-refractivity contribution in [3.63, 3.8) is 0 Å². The van der Waals surface area contributed by atoms with Crippen molar-refractivity contribution in [2.75, 3.05) is 13.3 Å². The minimum absolute atomic E-state index is 0.197. The standard InChI is InChI=1S/C25H18Cl2FNO3/c26-17-4-3-16(21(27)12-17)11-23-24(30)19-7-8-22-20(25(19)32-23)13-29(14-31-22)10-9-15-1-5-18(28)6-2-15/h1-8,11-12H,9-10,13-14H2/b23-11-. The number of ether oxygens (including phenoxy) is 2. The Bertz CT molecular complexity index is 1240. The van der Waals surface area contributed by atoms with E-state index in [4.69, 9.17) is 32.7 Å². The van der Waals surface area contributed by atoms with E-state index < -0.39 is 0 Å². The van der Waals surface area contributed by atoms with Gasteiger partial charge in [-0.25, -0.2) is 4.39 Å². The van der Waals surface area contributed by atoms with Crippen LogP contribution in [-0.2, 0) is 13.0 Å². The first-order valence-electron chi connectivity index (χ1n) is 10.1. The predicted octanol–water partition coefficient (Wildman–Crippen LogP) is 6.14. The Balaban J connectivity index is 1.36. The van der Waals surface area contributed by atoms with Gasteiger partial charge in [0.05, 0.1) is 11.1 Å². The topological polar surface area (TPSA) is 38.8 Å². The first kappa shape index (κ1) is 21.0. The lowest BCUT2D eigenvalue weighted by Gasteiger charge is -2.29. The number of ketones is 1. The van der Waals surface area contributed by atoms with Gasteiger partial charge in [0, 0.05) is 23.1 Å². The molecular weight excluding hydrogens is 452 g/mol. The largest absolute Gasteiger partial charge is 0.478 e. The molecule has 2 aliphatic heterocycles. The van der Waals surface area contributed by atoms with Gasteiger partial charge in [0.2, 0.25) is 5.78 Å². The van der Waals surface area contributed by atoms with Crippen LogP contribution < -0.4 is 9.47 Å². The van der Waals surface area contributed by atoms with E-state index in [2.05, 4.69) is 4.90 Å². The lowest BCUT2D eigenvalue weighted by molar-refractivity contribution is 0.0949. The van der Waals surface area contributed by atoms with Crippen molar-refractivity contribution in [3.05, 3.63) is 98.5 Å². The van der Waals surface area contributed by atoms with Crippen LogP contribution in [0.5, 0.6) is 11.5 Å². The Morgan fingerprint density at radius 2 is 1.88 bits per heavy atom. The zero-order valence-corrected chi connectivity index (χ0v) is 18.4. The van der Waals surface area contributed by atoms with Crippen molar-refractivity contribution >= 4 is 35.1 Å². The summed E-state index contributed by atoms with van der Waals surface area (Å²) >= 11 is 12.2. The third-order valence-corrected chi connectivity index (χ3v) is 6.12. The lowest BCUT2D eigenvalue weighted by atomic mass is 10.0. The number of fused-ring (bicyclic) bond motifs is 3. The van der Waals surface area contributed by atoms with Crippen molar-refractivity contribution in [2.24, 2.45) is 0 Å². The molecule has 0 radical (unpaired) electrons. The smallest absolute Gasteiger partial charge is 0.231 e. The Morgan fingerprint density at radius 3 is 2.66 bits per heavy atom. The maximum Gasteiger partial charge on any atom is 0.231 e. The molecule has 162 valence electrons. The summed E-state index contributed by atoms with van der Waals surface area (Å²) in [5.74, 6) is 0.999. The van der Waals surface area contributed by atoms with Crippen molar-refractivity contribution in [1.82, 2.24) is 4.90 Å². The van der Waals surface area contributed by atoms with E-state index in [1.54, 1.807) is 42.5 Å². The monoisotopic (exact) mass is 469 g/mol. The van der Waals surface area contributed by atoms with Gasteiger partial charge in [-0.1, -0.05) is 41.4 Å². The second kappa shape index (κ2) is 8.58. The van der Waals surface area contributed by atoms with E-state index in [0.29, 0.717) is 45.9 Å². The predicted molar refractivity (Wildman–Crippen MR) is 122 cm³/mol. The van der Waals surface area contributed by atoms with Gasteiger partial charge in [-0.15, -0.1) is 0 Å². The Morgan fingerprint density at radius 1 is 1.06 bits per heavy atom. The third kappa shape index (κ3) is 4.11. The molecule has 3 aromatic rings. The zero-order chi connectivity index (χ0) is 22.2. The summed E-state index contributed by atoms with van der Waals surface area (Å²) in [6.45, 7) is 1.75. The lowest BCUT2D eigenvalue weighted by Crippen LogP contribution is -2.33. The minimum Gasteiger partial charge on any atom is -0.478 e. The quantitative estimate of drug-likeness (QED) is 0.430. The maximum absolute atomic E-state index is 13.1. The molecule has 0 unspecified atom stereocenters. The summed E-state index contributed by atoms with van der Waals surface area (Å²) in [7, 11) is 0. The molecule has 32 heavy (non-hydrogen) atoms. The van der Waals surface area contributed by atoms with Crippen molar-refractivity contribution < 1.29 is 18.7 Å². The molecule has 0 atom stereocenters. The molecule has 0 saturated carbocycles. The van der Waals surface area contributed by atoms with Crippen LogP contribution in [0.15, 0.2) is 60.4 Å². The molecule has 0 spiro atoms. The van der Waals surface area contributed by atoms with E-state index in [0.717, 1.165) is 24.1 Å². The summed E-state index contributed by atoms with van der Waals surface area (Å²) in [5.41, 5.74) is 3.04. The van der Waals surface area contributed by atoms with Gasteiger partial charge in [-0.05, 0) is 60.0 Å². The minimum atomic E-state index is -0.245. The molecule has 0 saturated heterocycles. The van der Waals surface area contributed by atoms with Crippen LogP contribution >= 0.6 is 23.2 Å². The van der Waals surface area contributed by atoms with Crippen LogP contribution in [-0.4, -0.2) is 24.0 Å². The zero-order valence-electron chi connectivity index (χ0n) is 16.9. The van der Waals surface area contributed by atoms with Gasteiger partial charge in [-0.3, -0.25) is 9.69 Å². The summed E-state index contributed by atoms with van der Waals surface area (Å²) in [6.07, 6.45) is 2.39. The average Bonchev–Trinajstić information content (AvgIpc) is 3.11. The number of hydrogen-bond acceptors (Lipinski definition) is 4. The van der Waals surface area contributed by atoms with Crippen LogP contribution in [0, 0.1) is 5.82 Å². The number of allylic oxidation sites excluding steroid dienone is 1. The summed E-state index contributed by atoms with van der Waals surface area (Å²) in [6, 6.07) is 15.1. The molecule has 2 aliphatic rings. The van der Waals surface area contributed by atoms with Gasteiger partial charge < -0.3 is 9.47 Å². The van der Waals surface area contributed by atoms with Crippen LogP contribution in [0.2, 0.25) is 10.0 Å². The van der Waals surface area contributed by atoms with Crippen LogP contribution in [0.25, 0.3) is 6.08 Å². The summed E-state index contributed by atoms with van der Waals surface area (Å²) < 4.78 is 25.0. The van der Waals surface area contributed by atoms with Gasteiger partial charge in [0.1, 0.15) is 24.0 Å². The molecule has 0 amide bonds. The molecule has 3 aromatic carbocycles. The Kier molecular flexibility index (Phi) is 5.64. The highest BCUT2D eigenvalue weighted by molar-refractivity contribution is 6.35. The molecule has 0 N–H and O–H groups in total. The van der Waals surface area contributed by atoms with E-state index in [-0.39, 0.29) is 17.4 Å². The fourth-order valence-corrected chi connectivity index (χ4v) is 4.31. The number of benzene rings is 3. The van der Waals surface area contributed by atoms with Gasteiger partial charge in [0.15, 0.2) is 5.76 Å². The first-order valence-corrected chi connectivity index (χ1v) is 10.9. The molecule has 0 bridgehead atoms. The van der Waals surface area contributed by atoms with Gasteiger partial charge >= 0.3 is 0 Å². The second-order valence-corrected chi connectivity index (χ2v) is 8.57. The molecule has 7 heteroatoms. The first-order chi connectivity index (χ1) is 15.5. The summed E-state index contributed by atoms with van der Waals surface area (Å²) in [4.78, 5) is 15.1. The SMILES string of the molecule is O=C1/C(=C/c2ccc(Cl)cc2Cl)Oc2c1ccc1c2CN(CCc2ccc(F)cc2)CO1. The Labute approximate surface area is 194 Å². The number of hydrogen-bond donors (Lipinski definition) is 0. The molecule has 4 nitrogen and oxygen atoms in total. The number of halogens is 3. The molecule has 5 rings (SSSR count). The number of carbonyl (C=O) groups excluding carboxylic acids is 1. The maximum atomic E-state index is 13.1. The fourth-order valence-electron chi connectivity index (χ4n) is 3.85. The van der Waals surface area contributed by atoms with Crippen molar-refractivity contribution in [3.8, 4) is 11.5 Å². The van der Waals surface area contributed by atoms with E-state index in [9.17, 15) is 9.18 Å². The average molecular weight is 470 g/mol. The number of carbonyl (C=O) groups is 1. The van der Waals surface area contributed by atoms with Gasteiger partial charge in [0.25, 0.3) is 0 Å². The summed E-state index contributed by atoms with van der Waals surface area (Å²) in [5, 5.41) is 0.959. The number of nitrogens with zero attached hydrogens (tertiary/aromatic N) is 1.